The van der Waals surface area contributed by atoms with E-state index in [4.69, 9.17) is 32.7 Å². The van der Waals surface area contributed by atoms with Gasteiger partial charge in [0.1, 0.15) is 6.61 Å². The van der Waals surface area contributed by atoms with Crippen molar-refractivity contribution in [3.63, 3.8) is 0 Å². The van der Waals surface area contributed by atoms with Crippen molar-refractivity contribution >= 4 is 74.8 Å². The van der Waals surface area contributed by atoms with Crippen LogP contribution in [-0.4, -0.2) is 22.7 Å². The molecule has 0 spiro atoms. The summed E-state index contributed by atoms with van der Waals surface area (Å²) in [7, 11) is 0. The number of imide groups is 1. The van der Waals surface area contributed by atoms with Gasteiger partial charge in [0.2, 0.25) is 0 Å². The second-order valence-corrected chi connectivity index (χ2v) is 10.6. The summed E-state index contributed by atoms with van der Waals surface area (Å²) in [6, 6.07) is 18.3. The second kappa shape index (κ2) is 11.7. The molecule has 1 heterocycles. The number of rotatable bonds is 8. The van der Waals surface area contributed by atoms with Crippen molar-refractivity contribution in [2.75, 3.05) is 6.61 Å². The van der Waals surface area contributed by atoms with Gasteiger partial charge in [0.15, 0.2) is 11.5 Å². The topological polar surface area (TPSA) is 55.8 Å². The maximum absolute atomic E-state index is 12.9. The van der Waals surface area contributed by atoms with Crippen molar-refractivity contribution in [1.29, 1.82) is 0 Å². The Hall–Kier alpha value is -2.20. The monoisotopic (exact) mass is 639 g/mol. The third-order valence-electron chi connectivity index (χ3n) is 5.09. The van der Waals surface area contributed by atoms with Crippen molar-refractivity contribution in [1.82, 2.24) is 4.90 Å². The summed E-state index contributed by atoms with van der Waals surface area (Å²) < 4.78 is 12.8. The summed E-state index contributed by atoms with van der Waals surface area (Å²) in [6.45, 7) is 2.80. The summed E-state index contributed by atoms with van der Waals surface area (Å²) in [6.07, 6.45) is 1.70. The van der Waals surface area contributed by atoms with Crippen LogP contribution in [-0.2, 0) is 17.9 Å². The van der Waals surface area contributed by atoms with Crippen molar-refractivity contribution < 1.29 is 19.1 Å². The van der Waals surface area contributed by atoms with Gasteiger partial charge in [-0.1, -0.05) is 47.5 Å². The summed E-state index contributed by atoms with van der Waals surface area (Å²) >= 11 is 15.4. The highest BCUT2D eigenvalue weighted by atomic mass is 127. The highest BCUT2D eigenvalue weighted by Gasteiger charge is 2.35. The lowest BCUT2D eigenvalue weighted by atomic mass is 10.1. The minimum atomic E-state index is -0.311. The van der Waals surface area contributed by atoms with E-state index in [0.717, 1.165) is 32.0 Å². The molecule has 0 aromatic heterocycles. The van der Waals surface area contributed by atoms with E-state index < -0.39 is 0 Å². The van der Waals surface area contributed by atoms with Crippen LogP contribution in [0.5, 0.6) is 11.5 Å². The van der Waals surface area contributed by atoms with E-state index in [0.29, 0.717) is 33.1 Å². The maximum Gasteiger partial charge on any atom is 0.293 e. The SMILES string of the molecule is CCOc1cc(/C=C2/SC(=O)N(Cc3ccc(I)cc3)C2=O)ccc1OCc1ccc(Cl)cc1Cl. The van der Waals surface area contributed by atoms with Gasteiger partial charge in [0.05, 0.1) is 18.1 Å². The van der Waals surface area contributed by atoms with E-state index in [1.165, 1.54) is 4.90 Å². The zero-order chi connectivity index (χ0) is 24.9. The first kappa shape index (κ1) is 25.9. The molecule has 1 saturated heterocycles. The first-order valence-electron chi connectivity index (χ1n) is 10.7. The van der Waals surface area contributed by atoms with Gasteiger partial charge in [-0.25, -0.2) is 0 Å². The van der Waals surface area contributed by atoms with Crippen LogP contribution in [0.3, 0.4) is 0 Å². The number of ether oxygens (including phenoxy) is 2. The van der Waals surface area contributed by atoms with Crippen molar-refractivity contribution in [3.05, 3.63) is 95.9 Å². The van der Waals surface area contributed by atoms with Gasteiger partial charge < -0.3 is 9.47 Å². The molecule has 1 fully saturated rings. The molecule has 9 heteroatoms. The molecular formula is C26H20Cl2INO4S. The summed E-state index contributed by atoms with van der Waals surface area (Å²) in [4.78, 5) is 27.1. The number of halogens is 3. The summed E-state index contributed by atoms with van der Waals surface area (Å²) in [5.74, 6) is 0.764. The van der Waals surface area contributed by atoms with Crippen LogP contribution in [0.1, 0.15) is 23.6 Å². The molecule has 0 N–H and O–H groups in total. The number of hydrogen-bond acceptors (Lipinski definition) is 5. The average molecular weight is 640 g/mol. The largest absolute Gasteiger partial charge is 0.490 e. The molecule has 5 nitrogen and oxygen atoms in total. The van der Waals surface area contributed by atoms with Crippen molar-refractivity contribution in [2.45, 2.75) is 20.1 Å². The van der Waals surface area contributed by atoms with Gasteiger partial charge in [-0.15, -0.1) is 0 Å². The lowest BCUT2D eigenvalue weighted by Crippen LogP contribution is -2.27. The Morgan fingerprint density at radius 1 is 0.971 bits per heavy atom. The van der Waals surface area contributed by atoms with E-state index in [9.17, 15) is 9.59 Å². The van der Waals surface area contributed by atoms with Crippen LogP contribution in [0.2, 0.25) is 10.0 Å². The van der Waals surface area contributed by atoms with E-state index >= 15 is 0 Å². The molecule has 0 bridgehead atoms. The minimum absolute atomic E-state index is 0.239. The van der Waals surface area contributed by atoms with Crippen molar-refractivity contribution in [2.24, 2.45) is 0 Å². The number of benzene rings is 3. The van der Waals surface area contributed by atoms with E-state index in [1.807, 2.05) is 43.3 Å². The highest BCUT2D eigenvalue weighted by molar-refractivity contribution is 14.1. The van der Waals surface area contributed by atoms with Crippen LogP contribution in [0.4, 0.5) is 4.79 Å². The van der Waals surface area contributed by atoms with Crippen molar-refractivity contribution in [3.8, 4) is 11.5 Å². The van der Waals surface area contributed by atoms with Crippen LogP contribution in [0.25, 0.3) is 6.08 Å². The Morgan fingerprint density at radius 2 is 1.74 bits per heavy atom. The molecule has 0 atom stereocenters. The van der Waals surface area contributed by atoms with Gasteiger partial charge >= 0.3 is 0 Å². The summed E-state index contributed by atoms with van der Waals surface area (Å²) in [5.41, 5.74) is 2.42. The molecule has 3 aromatic carbocycles. The Bertz CT molecular complexity index is 1300. The molecule has 0 unspecified atom stereocenters. The average Bonchev–Trinajstić information content (AvgIpc) is 3.08. The quantitative estimate of drug-likeness (QED) is 0.186. The molecule has 3 aromatic rings. The van der Waals surface area contributed by atoms with Gasteiger partial charge in [0.25, 0.3) is 11.1 Å². The Labute approximate surface area is 231 Å². The Morgan fingerprint density at radius 3 is 2.46 bits per heavy atom. The van der Waals surface area contributed by atoms with Gasteiger partial charge in [0, 0.05) is 19.2 Å². The van der Waals surface area contributed by atoms with E-state index in [2.05, 4.69) is 22.6 Å². The van der Waals surface area contributed by atoms with E-state index in [1.54, 1.807) is 30.3 Å². The lowest BCUT2D eigenvalue weighted by molar-refractivity contribution is -0.123. The zero-order valence-electron chi connectivity index (χ0n) is 18.6. The van der Waals surface area contributed by atoms with Crippen LogP contribution < -0.4 is 9.47 Å². The van der Waals surface area contributed by atoms with Gasteiger partial charge in [-0.3, -0.25) is 14.5 Å². The summed E-state index contributed by atoms with van der Waals surface area (Å²) in [5, 5.41) is 0.790. The molecule has 1 aliphatic heterocycles. The third-order valence-corrected chi connectivity index (χ3v) is 7.30. The first-order chi connectivity index (χ1) is 16.8. The first-order valence-corrected chi connectivity index (χ1v) is 13.3. The van der Waals surface area contributed by atoms with Crippen LogP contribution >= 0.6 is 57.6 Å². The molecule has 180 valence electrons. The van der Waals surface area contributed by atoms with Crippen LogP contribution in [0.15, 0.2) is 65.6 Å². The number of thioether (sulfide) groups is 1. The smallest absolute Gasteiger partial charge is 0.293 e. The Kier molecular flexibility index (Phi) is 8.64. The normalized spacial score (nSPS) is 14.6. The van der Waals surface area contributed by atoms with Gasteiger partial charge in [-0.05, 0) is 94.9 Å². The number of nitrogens with zero attached hydrogens (tertiary/aromatic N) is 1. The number of carbonyl (C=O) groups is 2. The molecule has 0 saturated carbocycles. The third kappa shape index (κ3) is 6.52. The van der Waals surface area contributed by atoms with Gasteiger partial charge in [-0.2, -0.15) is 0 Å². The maximum atomic E-state index is 12.9. The Balaban J connectivity index is 1.50. The molecule has 0 radical (unpaired) electrons. The zero-order valence-corrected chi connectivity index (χ0v) is 23.1. The standard InChI is InChI=1S/C26H20Cl2INO4S/c1-2-33-23-11-17(5-10-22(23)34-15-18-6-7-19(27)13-21(18)28)12-24-25(31)30(26(32)35-24)14-16-3-8-20(29)9-4-16/h3-13H,2,14-15H2,1H3/b24-12+. The molecule has 35 heavy (non-hydrogen) atoms. The lowest BCUT2D eigenvalue weighted by Gasteiger charge is -2.14. The molecule has 2 amide bonds. The number of hydrogen-bond donors (Lipinski definition) is 0. The fourth-order valence-corrected chi connectivity index (χ4v) is 5.02. The van der Waals surface area contributed by atoms with E-state index in [-0.39, 0.29) is 24.3 Å². The number of carbonyl (C=O) groups excluding carboxylic acids is 2. The molecular weight excluding hydrogens is 620 g/mol. The fraction of sp³-hybridized carbons (Fsp3) is 0.154. The number of amides is 2. The molecule has 0 aliphatic carbocycles. The molecule has 1 aliphatic rings. The molecule has 4 rings (SSSR count). The predicted molar refractivity (Wildman–Crippen MR) is 149 cm³/mol. The fourth-order valence-electron chi connectivity index (χ4n) is 3.36. The second-order valence-electron chi connectivity index (χ2n) is 7.56. The van der Waals surface area contributed by atoms with Crippen LogP contribution in [0, 0.1) is 3.57 Å². The highest BCUT2D eigenvalue weighted by Crippen LogP contribution is 2.36. The predicted octanol–water partition coefficient (Wildman–Crippen LogP) is 7.81. The minimum Gasteiger partial charge on any atom is -0.490 e.